The van der Waals surface area contributed by atoms with Crippen LogP contribution in [0.25, 0.3) is 0 Å². The summed E-state index contributed by atoms with van der Waals surface area (Å²) in [5.41, 5.74) is 3.07. The number of carbonyl (C=O) groups excluding carboxylic acids is 1. The predicted octanol–water partition coefficient (Wildman–Crippen LogP) is 4.09. The first-order valence-corrected chi connectivity index (χ1v) is 9.78. The summed E-state index contributed by atoms with van der Waals surface area (Å²) in [6.07, 6.45) is 0. The standard InChI is InChI=1S/C15H15N5OS3/c1-9-3-5-11(6-4-9)17-14-19-20-15(24-14)23-8-12(21)18-13-16-10(2)7-22-13/h3-7H,8H2,1-2H3,(H,17,19)(H,16,18,21). The number of nitrogens with one attached hydrogen (secondary N) is 2. The van der Waals surface area contributed by atoms with Crippen LogP contribution in [0.4, 0.5) is 16.0 Å². The fourth-order valence-electron chi connectivity index (χ4n) is 1.77. The predicted molar refractivity (Wildman–Crippen MR) is 101 cm³/mol. The molecule has 9 heteroatoms. The summed E-state index contributed by atoms with van der Waals surface area (Å²) in [4.78, 5) is 16.1. The fraction of sp³-hybridized carbons (Fsp3) is 0.200. The molecule has 3 aromatic rings. The number of thioether (sulfide) groups is 1. The van der Waals surface area contributed by atoms with Crippen molar-refractivity contribution in [3.05, 3.63) is 40.9 Å². The molecule has 124 valence electrons. The van der Waals surface area contributed by atoms with Crippen LogP contribution in [-0.2, 0) is 4.79 Å². The summed E-state index contributed by atoms with van der Waals surface area (Å²) >= 11 is 4.20. The quantitative estimate of drug-likeness (QED) is 0.630. The van der Waals surface area contributed by atoms with E-state index in [4.69, 9.17) is 0 Å². The summed E-state index contributed by atoms with van der Waals surface area (Å²) in [7, 11) is 0. The van der Waals surface area contributed by atoms with Gasteiger partial charge in [-0.05, 0) is 26.0 Å². The Kier molecular flexibility index (Phi) is 5.44. The molecule has 0 radical (unpaired) electrons. The van der Waals surface area contributed by atoms with Gasteiger partial charge in [-0.15, -0.1) is 21.5 Å². The average molecular weight is 378 g/mol. The minimum absolute atomic E-state index is 0.0995. The van der Waals surface area contributed by atoms with E-state index in [1.165, 1.54) is 40.0 Å². The molecule has 6 nitrogen and oxygen atoms in total. The second-order valence-corrected chi connectivity index (χ2v) is 8.05. The number of anilines is 3. The smallest absolute Gasteiger partial charge is 0.236 e. The third kappa shape index (κ3) is 4.76. The van der Waals surface area contributed by atoms with Gasteiger partial charge in [0.15, 0.2) is 9.47 Å². The first-order valence-electron chi connectivity index (χ1n) is 7.10. The van der Waals surface area contributed by atoms with Gasteiger partial charge in [-0.3, -0.25) is 4.79 Å². The molecular weight excluding hydrogens is 362 g/mol. The molecule has 0 aliphatic carbocycles. The summed E-state index contributed by atoms with van der Waals surface area (Å²) in [6.45, 7) is 3.94. The highest BCUT2D eigenvalue weighted by Crippen LogP contribution is 2.28. The van der Waals surface area contributed by atoms with Crippen LogP contribution in [0, 0.1) is 13.8 Å². The minimum atomic E-state index is -0.0995. The maximum absolute atomic E-state index is 11.9. The van der Waals surface area contributed by atoms with Crippen molar-refractivity contribution in [1.29, 1.82) is 0 Å². The molecule has 0 bridgehead atoms. The largest absolute Gasteiger partial charge is 0.330 e. The first-order chi connectivity index (χ1) is 11.6. The maximum Gasteiger partial charge on any atom is 0.236 e. The van der Waals surface area contributed by atoms with Crippen LogP contribution in [-0.4, -0.2) is 26.8 Å². The highest BCUT2D eigenvalue weighted by molar-refractivity contribution is 8.01. The highest BCUT2D eigenvalue weighted by Gasteiger charge is 2.10. The Labute approximate surface area is 151 Å². The van der Waals surface area contributed by atoms with E-state index in [0.717, 1.165) is 15.7 Å². The number of hydrogen-bond acceptors (Lipinski definition) is 8. The van der Waals surface area contributed by atoms with E-state index in [0.29, 0.717) is 10.3 Å². The molecule has 1 amide bonds. The molecule has 0 atom stereocenters. The van der Waals surface area contributed by atoms with E-state index < -0.39 is 0 Å². The number of aromatic nitrogens is 3. The van der Waals surface area contributed by atoms with Crippen LogP contribution in [0.2, 0.25) is 0 Å². The van der Waals surface area contributed by atoms with E-state index in [1.807, 2.05) is 43.5 Å². The van der Waals surface area contributed by atoms with Gasteiger partial charge in [-0.1, -0.05) is 40.8 Å². The lowest BCUT2D eigenvalue weighted by atomic mass is 10.2. The Morgan fingerprint density at radius 2 is 1.96 bits per heavy atom. The monoisotopic (exact) mass is 377 g/mol. The van der Waals surface area contributed by atoms with Gasteiger partial charge in [-0.25, -0.2) is 4.98 Å². The Morgan fingerprint density at radius 3 is 2.67 bits per heavy atom. The third-order valence-corrected chi connectivity index (χ3v) is 5.75. The van der Waals surface area contributed by atoms with Crippen LogP contribution in [0.3, 0.4) is 0 Å². The molecule has 2 aromatic heterocycles. The van der Waals surface area contributed by atoms with Gasteiger partial charge in [0.25, 0.3) is 0 Å². The van der Waals surface area contributed by atoms with Gasteiger partial charge in [0.1, 0.15) is 0 Å². The lowest BCUT2D eigenvalue weighted by Crippen LogP contribution is -2.13. The Hall–Kier alpha value is -1.97. The summed E-state index contributed by atoms with van der Waals surface area (Å²) in [6, 6.07) is 8.05. The van der Waals surface area contributed by atoms with Gasteiger partial charge >= 0.3 is 0 Å². The number of amides is 1. The van der Waals surface area contributed by atoms with Gasteiger partial charge in [0.2, 0.25) is 11.0 Å². The van der Waals surface area contributed by atoms with Crippen LogP contribution in [0.1, 0.15) is 11.3 Å². The van der Waals surface area contributed by atoms with Crippen molar-refractivity contribution in [3.63, 3.8) is 0 Å². The zero-order chi connectivity index (χ0) is 16.9. The van der Waals surface area contributed by atoms with E-state index in [-0.39, 0.29) is 11.7 Å². The lowest BCUT2D eigenvalue weighted by molar-refractivity contribution is -0.113. The molecule has 2 N–H and O–H groups in total. The summed E-state index contributed by atoms with van der Waals surface area (Å²) in [5.74, 6) is 0.176. The van der Waals surface area contributed by atoms with Gasteiger partial charge in [0, 0.05) is 11.1 Å². The Balaban J connectivity index is 1.50. The molecule has 24 heavy (non-hydrogen) atoms. The topological polar surface area (TPSA) is 79.8 Å². The van der Waals surface area contributed by atoms with Crippen molar-refractivity contribution in [3.8, 4) is 0 Å². The van der Waals surface area contributed by atoms with Crippen LogP contribution in [0.15, 0.2) is 34.0 Å². The second-order valence-electron chi connectivity index (χ2n) is 5.00. The number of hydrogen-bond donors (Lipinski definition) is 2. The molecule has 0 saturated carbocycles. The number of rotatable bonds is 6. The molecule has 3 rings (SSSR count). The van der Waals surface area contributed by atoms with Crippen molar-refractivity contribution in [2.45, 2.75) is 18.2 Å². The molecular formula is C15H15N5OS3. The number of aryl methyl sites for hydroxylation is 2. The molecule has 2 heterocycles. The summed E-state index contributed by atoms with van der Waals surface area (Å²) in [5, 5.41) is 17.4. The van der Waals surface area contributed by atoms with Crippen LogP contribution in [0.5, 0.6) is 0 Å². The molecule has 0 unspecified atom stereocenters. The fourth-order valence-corrected chi connectivity index (χ4v) is 4.05. The van der Waals surface area contributed by atoms with E-state index in [9.17, 15) is 4.79 Å². The van der Waals surface area contributed by atoms with E-state index in [1.54, 1.807) is 0 Å². The molecule has 0 aliphatic rings. The first kappa shape index (κ1) is 16.9. The third-order valence-electron chi connectivity index (χ3n) is 2.90. The number of carbonyl (C=O) groups is 1. The number of thiazole rings is 1. The average Bonchev–Trinajstić information content (AvgIpc) is 3.17. The van der Waals surface area contributed by atoms with Crippen molar-refractivity contribution in [1.82, 2.24) is 15.2 Å². The molecule has 0 spiro atoms. The zero-order valence-electron chi connectivity index (χ0n) is 13.1. The van der Waals surface area contributed by atoms with Crippen LogP contribution >= 0.6 is 34.4 Å². The molecule has 0 fully saturated rings. The number of nitrogens with zero attached hydrogens (tertiary/aromatic N) is 3. The van der Waals surface area contributed by atoms with Crippen molar-refractivity contribution in [2.24, 2.45) is 0 Å². The summed E-state index contributed by atoms with van der Waals surface area (Å²) < 4.78 is 0.745. The SMILES string of the molecule is Cc1ccc(Nc2nnc(SCC(=O)Nc3nc(C)cs3)s2)cc1. The highest BCUT2D eigenvalue weighted by atomic mass is 32.2. The molecule has 0 aliphatic heterocycles. The lowest BCUT2D eigenvalue weighted by Gasteiger charge is -2.01. The maximum atomic E-state index is 11.9. The zero-order valence-corrected chi connectivity index (χ0v) is 15.5. The van der Waals surface area contributed by atoms with Gasteiger partial charge in [-0.2, -0.15) is 0 Å². The van der Waals surface area contributed by atoms with E-state index in [2.05, 4.69) is 25.8 Å². The minimum Gasteiger partial charge on any atom is -0.330 e. The van der Waals surface area contributed by atoms with Crippen molar-refractivity contribution < 1.29 is 4.79 Å². The Bertz CT molecular complexity index is 828. The normalized spacial score (nSPS) is 10.6. The molecule has 1 aromatic carbocycles. The van der Waals surface area contributed by atoms with Crippen molar-refractivity contribution >= 4 is 56.3 Å². The van der Waals surface area contributed by atoms with E-state index >= 15 is 0 Å². The van der Waals surface area contributed by atoms with Crippen molar-refractivity contribution in [2.75, 3.05) is 16.4 Å². The second kappa shape index (κ2) is 7.73. The van der Waals surface area contributed by atoms with Gasteiger partial charge < -0.3 is 10.6 Å². The van der Waals surface area contributed by atoms with Crippen LogP contribution < -0.4 is 10.6 Å². The molecule has 0 saturated heterocycles. The van der Waals surface area contributed by atoms with Gasteiger partial charge in [0.05, 0.1) is 11.4 Å². The number of benzene rings is 1. The Morgan fingerprint density at radius 1 is 1.17 bits per heavy atom.